The zero-order chi connectivity index (χ0) is 20.0. The molecule has 5 rings (SSSR count). The lowest BCUT2D eigenvalue weighted by Crippen LogP contribution is -2.55. The Balaban J connectivity index is 1.36. The molecule has 1 amide bonds. The fourth-order valence-corrected chi connectivity index (χ4v) is 5.25. The molecule has 0 spiro atoms. The van der Waals surface area contributed by atoms with Crippen LogP contribution in [-0.4, -0.2) is 66.8 Å². The number of hydrogen-bond acceptors (Lipinski definition) is 6. The summed E-state index contributed by atoms with van der Waals surface area (Å²) in [6.45, 7) is 4.16. The number of anilines is 1. The van der Waals surface area contributed by atoms with Crippen molar-refractivity contribution in [3.8, 4) is 0 Å². The number of fused-ring (bicyclic) bond motifs is 3. The largest absolute Gasteiger partial charge is 0.423 e. The summed E-state index contributed by atoms with van der Waals surface area (Å²) in [5.74, 6) is -0.0434. The number of amides is 1. The van der Waals surface area contributed by atoms with E-state index in [9.17, 15) is 4.79 Å². The van der Waals surface area contributed by atoms with Gasteiger partial charge in [-0.05, 0) is 51.8 Å². The predicted octanol–water partition coefficient (Wildman–Crippen LogP) is 2.80. The van der Waals surface area contributed by atoms with Gasteiger partial charge in [-0.3, -0.25) is 4.79 Å². The molecule has 0 aliphatic carbocycles. The summed E-state index contributed by atoms with van der Waals surface area (Å²) in [7, 11) is 2.23. The number of oxazole rings is 1. The first-order valence-electron chi connectivity index (χ1n) is 10.9. The number of benzene rings is 1. The maximum absolute atomic E-state index is 13.1. The van der Waals surface area contributed by atoms with Crippen LogP contribution in [0.25, 0.3) is 11.1 Å². The Hall–Kier alpha value is -2.12. The molecule has 2 aromatic rings. The zero-order valence-corrected chi connectivity index (χ0v) is 17.3. The van der Waals surface area contributed by atoms with Gasteiger partial charge in [-0.1, -0.05) is 12.5 Å². The van der Waals surface area contributed by atoms with Crippen molar-refractivity contribution in [1.29, 1.82) is 0 Å². The maximum atomic E-state index is 13.1. The van der Waals surface area contributed by atoms with Gasteiger partial charge in [0, 0.05) is 24.7 Å². The molecule has 0 radical (unpaired) electrons. The Labute approximate surface area is 171 Å². The number of rotatable bonds is 3. The lowest BCUT2D eigenvalue weighted by atomic mass is 9.82. The second kappa shape index (κ2) is 7.61. The first kappa shape index (κ1) is 18.9. The molecule has 2 bridgehead atoms. The summed E-state index contributed by atoms with van der Waals surface area (Å²) in [6, 6.07) is 7.79. The van der Waals surface area contributed by atoms with Crippen LogP contribution in [0.2, 0.25) is 0 Å². The van der Waals surface area contributed by atoms with E-state index in [1.54, 1.807) is 0 Å². The van der Waals surface area contributed by atoms with Crippen molar-refractivity contribution in [2.45, 2.75) is 63.2 Å². The Morgan fingerprint density at radius 3 is 2.79 bits per heavy atom. The van der Waals surface area contributed by atoms with Crippen LogP contribution >= 0.6 is 0 Å². The van der Waals surface area contributed by atoms with Crippen LogP contribution in [0, 0.1) is 0 Å². The van der Waals surface area contributed by atoms with E-state index in [4.69, 9.17) is 14.1 Å². The zero-order valence-electron chi connectivity index (χ0n) is 17.3. The predicted molar refractivity (Wildman–Crippen MR) is 111 cm³/mol. The van der Waals surface area contributed by atoms with Crippen molar-refractivity contribution in [2.75, 3.05) is 31.7 Å². The molecule has 29 heavy (non-hydrogen) atoms. The van der Waals surface area contributed by atoms with Crippen LogP contribution in [0.3, 0.4) is 0 Å². The van der Waals surface area contributed by atoms with E-state index in [1.807, 2.05) is 18.2 Å². The number of morpholine rings is 1. The van der Waals surface area contributed by atoms with Crippen molar-refractivity contribution >= 4 is 23.0 Å². The van der Waals surface area contributed by atoms with E-state index in [0.29, 0.717) is 48.0 Å². The van der Waals surface area contributed by atoms with Crippen LogP contribution in [0.5, 0.6) is 0 Å². The molecule has 3 fully saturated rings. The van der Waals surface area contributed by atoms with Crippen LogP contribution in [0.1, 0.15) is 49.4 Å². The van der Waals surface area contributed by atoms with Gasteiger partial charge in [-0.15, -0.1) is 0 Å². The molecular weight excluding hydrogens is 368 g/mol. The monoisotopic (exact) mass is 398 g/mol. The molecule has 3 saturated heterocycles. The second-order valence-corrected chi connectivity index (χ2v) is 8.81. The smallest absolute Gasteiger partial charge is 0.298 e. The van der Waals surface area contributed by atoms with Gasteiger partial charge in [0.25, 0.3) is 11.9 Å². The van der Waals surface area contributed by atoms with Crippen molar-refractivity contribution in [1.82, 2.24) is 15.2 Å². The molecular formula is C22H30N4O3. The lowest BCUT2D eigenvalue weighted by Gasteiger charge is -2.47. The number of carbonyl (C=O) groups excluding carboxylic acids is 1. The van der Waals surface area contributed by atoms with Crippen LogP contribution in [0.15, 0.2) is 22.6 Å². The third kappa shape index (κ3) is 3.51. The number of para-hydroxylation sites is 1. The van der Waals surface area contributed by atoms with Gasteiger partial charge in [0.1, 0.15) is 5.52 Å². The Morgan fingerprint density at radius 2 is 2.03 bits per heavy atom. The van der Waals surface area contributed by atoms with Crippen molar-refractivity contribution < 1.29 is 13.9 Å². The Morgan fingerprint density at radius 1 is 1.24 bits per heavy atom. The van der Waals surface area contributed by atoms with Gasteiger partial charge in [0.2, 0.25) is 0 Å². The van der Waals surface area contributed by atoms with E-state index in [1.165, 1.54) is 19.3 Å². The highest BCUT2D eigenvalue weighted by Crippen LogP contribution is 2.33. The molecule has 1 aromatic carbocycles. The van der Waals surface area contributed by atoms with Crippen molar-refractivity contribution in [3.05, 3.63) is 23.8 Å². The van der Waals surface area contributed by atoms with E-state index in [0.717, 1.165) is 19.4 Å². The Bertz CT molecular complexity index is 883. The van der Waals surface area contributed by atoms with E-state index in [-0.39, 0.29) is 18.0 Å². The lowest BCUT2D eigenvalue weighted by molar-refractivity contribution is 0.0463. The van der Waals surface area contributed by atoms with Crippen LogP contribution < -0.4 is 10.2 Å². The number of aromatic nitrogens is 1. The first-order chi connectivity index (χ1) is 14.1. The minimum Gasteiger partial charge on any atom is -0.423 e. The number of piperidine rings is 2. The quantitative estimate of drug-likeness (QED) is 0.857. The van der Waals surface area contributed by atoms with Crippen LogP contribution in [-0.2, 0) is 4.74 Å². The average Bonchev–Trinajstić information content (AvgIpc) is 3.13. The van der Waals surface area contributed by atoms with E-state index >= 15 is 0 Å². The van der Waals surface area contributed by atoms with Gasteiger partial charge in [0.05, 0.1) is 24.8 Å². The average molecular weight is 399 g/mol. The third-order valence-corrected chi connectivity index (χ3v) is 6.94. The first-order valence-corrected chi connectivity index (χ1v) is 10.9. The van der Waals surface area contributed by atoms with Gasteiger partial charge >= 0.3 is 0 Å². The molecule has 1 N–H and O–H groups in total. The third-order valence-electron chi connectivity index (χ3n) is 6.94. The fourth-order valence-electron chi connectivity index (χ4n) is 5.25. The maximum Gasteiger partial charge on any atom is 0.298 e. The summed E-state index contributed by atoms with van der Waals surface area (Å²) < 4.78 is 11.5. The van der Waals surface area contributed by atoms with Gasteiger partial charge < -0.3 is 24.3 Å². The molecule has 7 nitrogen and oxygen atoms in total. The normalized spacial score (nSPS) is 30.5. The molecule has 3 aliphatic heterocycles. The molecule has 156 valence electrons. The highest BCUT2D eigenvalue weighted by Gasteiger charge is 2.36. The number of ether oxygens (including phenoxy) is 1. The fraction of sp³-hybridized carbons (Fsp3) is 0.636. The molecule has 0 unspecified atom stereocenters. The molecule has 4 heterocycles. The molecule has 3 aliphatic rings. The summed E-state index contributed by atoms with van der Waals surface area (Å²) in [5.41, 5.74) is 1.90. The van der Waals surface area contributed by atoms with Gasteiger partial charge in [-0.25, -0.2) is 0 Å². The summed E-state index contributed by atoms with van der Waals surface area (Å²) in [6.07, 6.45) is 5.84. The second-order valence-electron chi connectivity index (χ2n) is 8.81. The minimum absolute atomic E-state index is 0.0434. The molecule has 0 saturated carbocycles. The minimum atomic E-state index is -0.0434. The SMILES string of the molecule is C[C@H]1COCCN1c1nc2c(C(=O)NC3C[C@H]4CCC[C@H](C3)N4C)cccc2o1. The highest BCUT2D eigenvalue weighted by molar-refractivity contribution is 6.04. The molecule has 3 atom stereocenters. The van der Waals surface area contributed by atoms with Crippen molar-refractivity contribution in [2.24, 2.45) is 0 Å². The number of nitrogens with zero attached hydrogens (tertiary/aromatic N) is 3. The summed E-state index contributed by atoms with van der Waals surface area (Å²) in [5, 5.41) is 3.29. The highest BCUT2D eigenvalue weighted by atomic mass is 16.5. The summed E-state index contributed by atoms with van der Waals surface area (Å²) in [4.78, 5) is 22.5. The van der Waals surface area contributed by atoms with Gasteiger partial charge in [0.15, 0.2) is 5.58 Å². The van der Waals surface area contributed by atoms with Crippen LogP contribution in [0.4, 0.5) is 6.01 Å². The number of hydrogen-bond donors (Lipinski definition) is 1. The molecule has 1 aromatic heterocycles. The summed E-state index contributed by atoms with van der Waals surface area (Å²) >= 11 is 0. The standard InChI is InChI=1S/C22H30N4O3/c1-14-13-28-10-9-26(14)22-24-20-18(7-4-8-19(20)29-22)21(27)23-15-11-16-5-3-6-17(12-15)25(16)2/h4,7-8,14-17H,3,5-6,9-13H2,1-2H3,(H,23,27)/t14-,16+,17+/m0/s1. The van der Waals surface area contributed by atoms with Gasteiger partial charge in [-0.2, -0.15) is 4.98 Å². The van der Waals surface area contributed by atoms with E-state index < -0.39 is 0 Å². The number of carbonyl (C=O) groups is 1. The Kier molecular flexibility index (Phi) is 4.95. The molecule has 7 heteroatoms. The van der Waals surface area contributed by atoms with Crippen molar-refractivity contribution in [3.63, 3.8) is 0 Å². The van der Waals surface area contributed by atoms with E-state index in [2.05, 4.69) is 29.1 Å². The number of nitrogens with one attached hydrogen (secondary N) is 1. The topological polar surface area (TPSA) is 70.8 Å².